The largest absolute Gasteiger partial charge is 0.332 e. The Labute approximate surface area is 132 Å². The lowest BCUT2D eigenvalue weighted by atomic mass is 10.0. The summed E-state index contributed by atoms with van der Waals surface area (Å²) in [7, 11) is 0. The third-order valence-electron chi connectivity index (χ3n) is 4.62. The first kappa shape index (κ1) is 15.0. The highest BCUT2D eigenvalue weighted by Gasteiger charge is 2.37. The Kier molecular flexibility index (Phi) is 4.16. The van der Waals surface area contributed by atoms with Crippen molar-refractivity contribution in [3.05, 3.63) is 48.0 Å². The van der Waals surface area contributed by atoms with E-state index in [2.05, 4.69) is 37.3 Å². The molecule has 2 aromatic carbocycles. The van der Waals surface area contributed by atoms with Gasteiger partial charge in [0.15, 0.2) is 0 Å². The second-order valence-electron chi connectivity index (χ2n) is 6.27. The third kappa shape index (κ3) is 2.86. The van der Waals surface area contributed by atoms with Crippen LogP contribution in [0.1, 0.15) is 44.7 Å². The SMILES string of the molecule is CC[C@@H](N)C(=O)N(C1CC1)[C@H](C)c1ccc2ccccc2c1. The van der Waals surface area contributed by atoms with Gasteiger partial charge in [-0.05, 0) is 48.6 Å². The zero-order chi connectivity index (χ0) is 15.7. The van der Waals surface area contributed by atoms with Gasteiger partial charge >= 0.3 is 0 Å². The normalized spacial score (nSPS) is 17.2. The molecule has 2 atom stereocenters. The molecule has 0 radical (unpaired) electrons. The number of rotatable bonds is 5. The maximum Gasteiger partial charge on any atom is 0.240 e. The fourth-order valence-electron chi connectivity index (χ4n) is 3.03. The van der Waals surface area contributed by atoms with Crippen LogP contribution >= 0.6 is 0 Å². The molecule has 1 amide bonds. The van der Waals surface area contributed by atoms with Crippen LogP contribution in [0.15, 0.2) is 42.5 Å². The average Bonchev–Trinajstić information content (AvgIpc) is 3.38. The first-order valence-electron chi connectivity index (χ1n) is 8.18. The lowest BCUT2D eigenvalue weighted by molar-refractivity contribution is -0.135. The van der Waals surface area contributed by atoms with Gasteiger partial charge in [0, 0.05) is 6.04 Å². The van der Waals surface area contributed by atoms with Gasteiger partial charge in [0.2, 0.25) is 5.91 Å². The molecule has 2 aromatic rings. The predicted molar refractivity (Wildman–Crippen MR) is 90.5 cm³/mol. The van der Waals surface area contributed by atoms with E-state index in [-0.39, 0.29) is 18.0 Å². The van der Waals surface area contributed by atoms with E-state index < -0.39 is 0 Å². The molecule has 0 aromatic heterocycles. The summed E-state index contributed by atoms with van der Waals surface area (Å²) in [5.41, 5.74) is 7.18. The number of benzene rings is 2. The second-order valence-corrected chi connectivity index (χ2v) is 6.27. The van der Waals surface area contributed by atoms with Gasteiger partial charge < -0.3 is 10.6 Å². The van der Waals surface area contributed by atoms with Crippen LogP contribution in [-0.4, -0.2) is 22.9 Å². The molecule has 0 spiro atoms. The smallest absolute Gasteiger partial charge is 0.240 e. The molecule has 3 nitrogen and oxygen atoms in total. The van der Waals surface area contributed by atoms with Crippen LogP contribution in [0.4, 0.5) is 0 Å². The van der Waals surface area contributed by atoms with Crippen molar-refractivity contribution in [2.24, 2.45) is 5.73 Å². The predicted octanol–water partition coefficient (Wildman–Crippen LogP) is 3.63. The number of nitrogens with zero attached hydrogens (tertiary/aromatic N) is 1. The van der Waals surface area contributed by atoms with E-state index in [1.807, 2.05) is 24.0 Å². The van der Waals surface area contributed by atoms with Crippen LogP contribution in [0, 0.1) is 0 Å². The van der Waals surface area contributed by atoms with Gasteiger partial charge in [-0.25, -0.2) is 0 Å². The summed E-state index contributed by atoms with van der Waals surface area (Å²) < 4.78 is 0. The first-order chi connectivity index (χ1) is 10.6. The number of carbonyl (C=O) groups is 1. The van der Waals surface area contributed by atoms with Crippen molar-refractivity contribution in [3.8, 4) is 0 Å². The van der Waals surface area contributed by atoms with Crippen LogP contribution in [0.3, 0.4) is 0 Å². The number of carbonyl (C=O) groups excluding carboxylic acids is 1. The van der Waals surface area contributed by atoms with E-state index in [1.165, 1.54) is 16.3 Å². The summed E-state index contributed by atoms with van der Waals surface area (Å²) in [6.07, 6.45) is 2.88. The number of nitrogens with two attached hydrogens (primary N) is 1. The molecule has 0 saturated heterocycles. The lowest BCUT2D eigenvalue weighted by Gasteiger charge is -2.32. The van der Waals surface area contributed by atoms with E-state index in [1.54, 1.807) is 0 Å². The van der Waals surface area contributed by atoms with E-state index >= 15 is 0 Å². The molecular formula is C19H24N2O. The van der Waals surface area contributed by atoms with E-state index in [0.717, 1.165) is 12.8 Å². The molecule has 22 heavy (non-hydrogen) atoms. The van der Waals surface area contributed by atoms with Crippen molar-refractivity contribution in [1.29, 1.82) is 0 Å². The zero-order valence-corrected chi connectivity index (χ0v) is 13.3. The highest BCUT2D eigenvalue weighted by atomic mass is 16.2. The highest BCUT2D eigenvalue weighted by Crippen LogP contribution is 2.35. The minimum atomic E-state index is -0.386. The van der Waals surface area contributed by atoms with Gasteiger partial charge in [-0.3, -0.25) is 4.79 Å². The Bertz CT molecular complexity index is 678. The van der Waals surface area contributed by atoms with Gasteiger partial charge in [0.05, 0.1) is 12.1 Å². The number of fused-ring (bicyclic) bond motifs is 1. The van der Waals surface area contributed by atoms with E-state index in [4.69, 9.17) is 5.73 Å². The quantitative estimate of drug-likeness (QED) is 0.916. The Balaban J connectivity index is 1.91. The van der Waals surface area contributed by atoms with Gasteiger partial charge in [-0.2, -0.15) is 0 Å². The molecule has 1 fully saturated rings. The fourth-order valence-corrected chi connectivity index (χ4v) is 3.03. The lowest BCUT2D eigenvalue weighted by Crippen LogP contribution is -2.45. The van der Waals surface area contributed by atoms with Gasteiger partial charge in [0.1, 0.15) is 0 Å². The standard InChI is InChI=1S/C19H24N2O/c1-3-18(20)19(22)21(17-10-11-17)13(2)15-9-8-14-6-4-5-7-16(14)12-15/h4-9,12-13,17-18H,3,10-11,20H2,1-2H3/t13-,18-/m1/s1. The van der Waals surface area contributed by atoms with Crippen molar-refractivity contribution in [3.63, 3.8) is 0 Å². The Morgan fingerprint density at radius 1 is 1.23 bits per heavy atom. The minimum Gasteiger partial charge on any atom is -0.332 e. The fraction of sp³-hybridized carbons (Fsp3) is 0.421. The molecule has 116 valence electrons. The van der Waals surface area contributed by atoms with E-state index in [0.29, 0.717) is 12.5 Å². The topological polar surface area (TPSA) is 46.3 Å². The maximum absolute atomic E-state index is 12.6. The van der Waals surface area contributed by atoms with Gasteiger partial charge in [0.25, 0.3) is 0 Å². The van der Waals surface area contributed by atoms with Gasteiger partial charge in [-0.1, -0.05) is 43.3 Å². The maximum atomic E-state index is 12.6. The first-order valence-corrected chi connectivity index (χ1v) is 8.18. The summed E-state index contributed by atoms with van der Waals surface area (Å²) in [6, 6.07) is 14.8. The molecule has 0 aliphatic heterocycles. The second kappa shape index (κ2) is 6.09. The summed E-state index contributed by atoms with van der Waals surface area (Å²) in [4.78, 5) is 14.6. The Morgan fingerprint density at radius 2 is 1.91 bits per heavy atom. The monoisotopic (exact) mass is 296 g/mol. The van der Waals surface area contributed by atoms with Crippen molar-refractivity contribution in [2.45, 2.75) is 51.2 Å². The minimum absolute atomic E-state index is 0.0715. The molecule has 0 heterocycles. The van der Waals surface area contributed by atoms with Crippen LogP contribution in [-0.2, 0) is 4.79 Å². The van der Waals surface area contributed by atoms with Crippen LogP contribution in [0.5, 0.6) is 0 Å². The number of amides is 1. The molecule has 1 aliphatic rings. The number of hydrogen-bond donors (Lipinski definition) is 1. The van der Waals surface area contributed by atoms with Crippen LogP contribution < -0.4 is 5.73 Å². The average molecular weight is 296 g/mol. The molecule has 2 N–H and O–H groups in total. The number of hydrogen-bond acceptors (Lipinski definition) is 2. The molecule has 1 saturated carbocycles. The molecule has 3 heteroatoms. The van der Waals surface area contributed by atoms with Crippen molar-refractivity contribution in [2.75, 3.05) is 0 Å². The molecule has 3 rings (SSSR count). The van der Waals surface area contributed by atoms with Crippen LogP contribution in [0.2, 0.25) is 0 Å². The summed E-state index contributed by atoms with van der Waals surface area (Å²) in [5, 5.41) is 2.45. The Morgan fingerprint density at radius 3 is 2.55 bits per heavy atom. The summed E-state index contributed by atoms with van der Waals surface area (Å²) in [6.45, 7) is 4.08. The summed E-state index contributed by atoms with van der Waals surface area (Å²) >= 11 is 0. The molecular weight excluding hydrogens is 272 g/mol. The molecule has 0 bridgehead atoms. The third-order valence-corrected chi connectivity index (χ3v) is 4.62. The van der Waals surface area contributed by atoms with E-state index in [9.17, 15) is 4.79 Å². The van der Waals surface area contributed by atoms with Crippen molar-refractivity contribution in [1.82, 2.24) is 4.90 Å². The Hall–Kier alpha value is -1.87. The summed E-state index contributed by atoms with van der Waals surface area (Å²) in [5.74, 6) is 0.0886. The highest BCUT2D eigenvalue weighted by molar-refractivity contribution is 5.84. The molecule has 0 unspecified atom stereocenters. The van der Waals surface area contributed by atoms with Crippen molar-refractivity contribution >= 4 is 16.7 Å². The van der Waals surface area contributed by atoms with Crippen molar-refractivity contribution < 1.29 is 4.79 Å². The van der Waals surface area contributed by atoms with Gasteiger partial charge in [-0.15, -0.1) is 0 Å². The molecule has 1 aliphatic carbocycles. The zero-order valence-electron chi connectivity index (χ0n) is 13.3. The van der Waals surface area contributed by atoms with Crippen LogP contribution in [0.25, 0.3) is 10.8 Å².